The summed E-state index contributed by atoms with van der Waals surface area (Å²) in [5, 5.41) is 13.6. The zero-order valence-corrected chi connectivity index (χ0v) is 8.67. The van der Waals surface area contributed by atoms with Crippen LogP contribution < -0.4 is 0 Å². The van der Waals surface area contributed by atoms with Gasteiger partial charge in [-0.2, -0.15) is 18.3 Å². The molecule has 90 valence electrons. The maximum Gasteiger partial charge on any atom is 0.419 e. The van der Waals surface area contributed by atoms with E-state index in [1.54, 1.807) is 0 Å². The Morgan fingerprint density at radius 1 is 1.38 bits per heavy atom. The minimum atomic E-state index is -4.36. The summed E-state index contributed by atoms with van der Waals surface area (Å²) in [4.78, 5) is 0. The van der Waals surface area contributed by atoms with Crippen molar-refractivity contribution in [1.29, 1.82) is 0 Å². The average molecular weight is 234 g/mol. The third-order valence-electron chi connectivity index (χ3n) is 2.95. The normalized spacial score (nSPS) is 20.2. The van der Waals surface area contributed by atoms with Crippen molar-refractivity contribution in [1.82, 2.24) is 9.78 Å². The highest BCUT2D eigenvalue weighted by Gasteiger charge is 2.35. The Hall–Kier alpha value is -1.04. The van der Waals surface area contributed by atoms with Crippen LogP contribution in [0.25, 0.3) is 0 Å². The zero-order chi connectivity index (χ0) is 11.8. The van der Waals surface area contributed by atoms with Crippen molar-refractivity contribution in [2.24, 2.45) is 0 Å². The van der Waals surface area contributed by atoms with Gasteiger partial charge >= 0.3 is 6.18 Å². The lowest BCUT2D eigenvalue weighted by Gasteiger charge is -2.21. The van der Waals surface area contributed by atoms with Gasteiger partial charge in [-0.3, -0.25) is 4.68 Å². The molecule has 1 heterocycles. The average Bonchev–Trinajstić information content (AvgIpc) is 2.74. The third kappa shape index (κ3) is 2.37. The van der Waals surface area contributed by atoms with E-state index in [2.05, 4.69) is 5.10 Å². The summed E-state index contributed by atoms with van der Waals surface area (Å²) >= 11 is 0. The van der Waals surface area contributed by atoms with Gasteiger partial charge in [-0.25, -0.2) is 0 Å². The Kier molecular flexibility index (Phi) is 2.69. The van der Waals surface area contributed by atoms with E-state index < -0.39 is 17.3 Å². The fourth-order valence-corrected chi connectivity index (χ4v) is 2.09. The maximum atomic E-state index is 12.3. The van der Waals surface area contributed by atoms with Crippen LogP contribution in [-0.2, 0) is 12.7 Å². The molecule has 0 unspecified atom stereocenters. The maximum absolute atomic E-state index is 12.3. The van der Waals surface area contributed by atoms with Crippen molar-refractivity contribution < 1.29 is 18.3 Å². The molecule has 1 aromatic heterocycles. The van der Waals surface area contributed by atoms with Crippen molar-refractivity contribution in [3.8, 4) is 0 Å². The van der Waals surface area contributed by atoms with Gasteiger partial charge in [0.1, 0.15) is 0 Å². The van der Waals surface area contributed by atoms with Crippen LogP contribution in [0.4, 0.5) is 13.2 Å². The highest BCUT2D eigenvalue weighted by Crippen LogP contribution is 2.32. The molecule has 1 fully saturated rings. The fourth-order valence-electron chi connectivity index (χ4n) is 2.09. The topological polar surface area (TPSA) is 38.0 Å². The van der Waals surface area contributed by atoms with Crippen LogP contribution in [0.1, 0.15) is 31.2 Å². The first-order valence-electron chi connectivity index (χ1n) is 5.21. The summed E-state index contributed by atoms with van der Waals surface area (Å²) in [6, 6.07) is 0. The van der Waals surface area contributed by atoms with Gasteiger partial charge in [0.25, 0.3) is 0 Å². The SMILES string of the molecule is OC1(Cn2cc(C(F)(F)F)cn2)CCCC1. The van der Waals surface area contributed by atoms with Crippen molar-refractivity contribution >= 4 is 0 Å². The Morgan fingerprint density at radius 2 is 2.00 bits per heavy atom. The van der Waals surface area contributed by atoms with Gasteiger partial charge in [0.05, 0.1) is 23.9 Å². The fraction of sp³-hybridized carbons (Fsp3) is 0.700. The Labute approximate surface area is 90.9 Å². The van der Waals surface area contributed by atoms with Gasteiger partial charge in [-0.1, -0.05) is 12.8 Å². The lowest BCUT2D eigenvalue weighted by atomic mass is 10.0. The Balaban J connectivity index is 2.08. The van der Waals surface area contributed by atoms with Crippen LogP contribution in [0.2, 0.25) is 0 Å². The highest BCUT2D eigenvalue weighted by molar-refractivity contribution is 5.08. The van der Waals surface area contributed by atoms with E-state index in [1.165, 1.54) is 4.68 Å². The molecule has 1 aromatic rings. The van der Waals surface area contributed by atoms with Crippen LogP contribution in [0, 0.1) is 0 Å². The molecular weight excluding hydrogens is 221 g/mol. The second-order valence-corrected chi connectivity index (χ2v) is 4.36. The van der Waals surface area contributed by atoms with Gasteiger partial charge in [-0.05, 0) is 12.8 Å². The third-order valence-corrected chi connectivity index (χ3v) is 2.95. The van der Waals surface area contributed by atoms with Gasteiger partial charge in [0.15, 0.2) is 0 Å². The number of hydrogen-bond acceptors (Lipinski definition) is 2. The zero-order valence-electron chi connectivity index (χ0n) is 8.67. The van der Waals surface area contributed by atoms with E-state index in [-0.39, 0.29) is 6.54 Å². The number of rotatable bonds is 2. The first-order valence-corrected chi connectivity index (χ1v) is 5.21. The Bertz CT molecular complexity index is 366. The van der Waals surface area contributed by atoms with E-state index in [0.717, 1.165) is 25.2 Å². The van der Waals surface area contributed by atoms with Gasteiger partial charge in [-0.15, -0.1) is 0 Å². The molecule has 2 rings (SSSR count). The van der Waals surface area contributed by atoms with E-state index in [0.29, 0.717) is 12.8 Å². The lowest BCUT2D eigenvalue weighted by Crippen LogP contribution is -2.30. The summed E-state index contributed by atoms with van der Waals surface area (Å²) in [6.07, 6.45) is 0.474. The molecule has 0 bridgehead atoms. The summed E-state index contributed by atoms with van der Waals surface area (Å²) < 4.78 is 38.1. The number of aromatic nitrogens is 2. The van der Waals surface area contributed by atoms with E-state index in [1.807, 2.05) is 0 Å². The second kappa shape index (κ2) is 3.76. The number of alkyl halides is 3. The molecule has 1 aliphatic rings. The summed E-state index contributed by atoms with van der Waals surface area (Å²) in [5.74, 6) is 0. The van der Waals surface area contributed by atoms with Crippen LogP contribution in [0.15, 0.2) is 12.4 Å². The lowest BCUT2D eigenvalue weighted by molar-refractivity contribution is -0.137. The first kappa shape index (κ1) is 11.4. The molecule has 0 aromatic carbocycles. The number of nitrogens with zero attached hydrogens (tertiary/aromatic N) is 2. The monoisotopic (exact) mass is 234 g/mol. The molecule has 0 spiro atoms. The van der Waals surface area contributed by atoms with Crippen molar-refractivity contribution in [2.75, 3.05) is 0 Å². The van der Waals surface area contributed by atoms with Crippen LogP contribution in [-0.4, -0.2) is 20.5 Å². The van der Waals surface area contributed by atoms with Crippen LogP contribution in [0.5, 0.6) is 0 Å². The summed E-state index contributed by atoms with van der Waals surface area (Å²) in [5.41, 5.74) is -1.65. The second-order valence-electron chi connectivity index (χ2n) is 4.36. The quantitative estimate of drug-likeness (QED) is 0.851. The molecule has 0 atom stereocenters. The molecule has 6 heteroatoms. The van der Waals surface area contributed by atoms with Gasteiger partial charge in [0, 0.05) is 6.20 Å². The molecule has 1 N–H and O–H groups in total. The van der Waals surface area contributed by atoms with Gasteiger partial charge in [0.2, 0.25) is 0 Å². The first-order chi connectivity index (χ1) is 7.39. The minimum Gasteiger partial charge on any atom is -0.388 e. The van der Waals surface area contributed by atoms with Crippen molar-refractivity contribution in [3.05, 3.63) is 18.0 Å². The van der Waals surface area contributed by atoms with Crippen molar-refractivity contribution in [3.63, 3.8) is 0 Å². The number of aliphatic hydroxyl groups is 1. The smallest absolute Gasteiger partial charge is 0.388 e. The van der Waals surface area contributed by atoms with Gasteiger partial charge < -0.3 is 5.11 Å². The molecular formula is C10H13F3N2O. The summed E-state index contributed by atoms with van der Waals surface area (Å²) in [7, 11) is 0. The summed E-state index contributed by atoms with van der Waals surface area (Å²) in [6.45, 7) is 0.142. The number of hydrogen-bond donors (Lipinski definition) is 1. The predicted molar refractivity (Wildman–Crippen MR) is 50.6 cm³/mol. The number of halogens is 3. The standard InChI is InChI=1S/C10H13F3N2O/c11-10(12,13)8-5-14-15(6-8)7-9(16)3-1-2-4-9/h5-6,16H,1-4,7H2. The largest absolute Gasteiger partial charge is 0.419 e. The van der Waals surface area contributed by atoms with E-state index in [4.69, 9.17) is 0 Å². The molecule has 0 amide bonds. The van der Waals surface area contributed by atoms with E-state index in [9.17, 15) is 18.3 Å². The Morgan fingerprint density at radius 3 is 2.50 bits per heavy atom. The van der Waals surface area contributed by atoms with Crippen LogP contribution in [0.3, 0.4) is 0 Å². The van der Waals surface area contributed by atoms with Crippen molar-refractivity contribution in [2.45, 2.75) is 44.0 Å². The molecule has 0 saturated heterocycles. The molecule has 1 aliphatic carbocycles. The molecule has 0 aliphatic heterocycles. The van der Waals surface area contributed by atoms with Crippen LogP contribution >= 0.6 is 0 Å². The molecule has 0 radical (unpaired) electrons. The molecule has 3 nitrogen and oxygen atoms in total. The molecule has 1 saturated carbocycles. The minimum absolute atomic E-state index is 0.142. The highest BCUT2D eigenvalue weighted by atomic mass is 19.4. The predicted octanol–water partition coefficient (Wildman–Crippen LogP) is 2.21. The van der Waals surface area contributed by atoms with E-state index >= 15 is 0 Å². The molecule has 16 heavy (non-hydrogen) atoms.